The van der Waals surface area contributed by atoms with E-state index in [1.54, 1.807) is 0 Å². The summed E-state index contributed by atoms with van der Waals surface area (Å²) in [5.74, 6) is -2.43. The molecule has 0 aliphatic carbocycles. The van der Waals surface area contributed by atoms with Crippen molar-refractivity contribution in [3.8, 4) is 0 Å². The molecule has 0 aromatic heterocycles. The van der Waals surface area contributed by atoms with E-state index in [0.717, 1.165) is 0 Å². The largest absolute Gasteiger partial charge is 0.481 e. The van der Waals surface area contributed by atoms with Gasteiger partial charge in [-0.1, -0.05) is 0 Å². The van der Waals surface area contributed by atoms with Crippen LogP contribution in [0.1, 0.15) is 6.42 Å². The van der Waals surface area contributed by atoms with E-state index in [2.05, 4.69) is 0 Å². The Kier molecular flexibility index (Phi) is 7.51. The summed E-state index contributed by atoms with van der Waals surface area (Å²) in [4.78, 5) is 19.9. The number of carbonyl (C=O) groups excluding carboxylic acids is 1. The minimum atomic E-state index is -2.72. The monoisotopic (exact) mass is 353 g/mol. The van der Waals surface area contributed by atoms with Crippen molar-refractivity contribution >= 4 is 22.8 Å². The van der Waals surface area contributed by atoms with Gasteiger partial charge in [0, 0.05) is 31.3 Å². The molecule has 0 aliphatic rings. The second-order valence-electron chi connectivity index (χ2n) is 1.33. The summed E-state index contributed by atoms with van der Waals surface area (Å²) in [5.41, 5.74) is 0. The molecule has 0 spiro atoms. The van der Waals surface area contributed by atoms with Crippen LogP contribution in [0, 0.1) is 0 Å². The van der Waals surface area contributed by atoms with Crippen molar-refractivity contribution < 1.29 is 43.5 Å². The zero-order chi connectivity index (χ0) is 8.15. The Bertz CT molecular complexity index is 216. The number of hydrogen-bond acceptors (Lipinski definition) is 5. The summed E-state index contributed by atoms with van der Waals surface area (Å²) in [7, 11) is -2.72. The maximum atomic E-state index is 10.2. The second kappa shape index (κ2) is 6.27. The van der Waals surface area contributed by atoms with Crippen molar-refractivity contribution in [2.75, 3.05) is 0 Å². The Hall–Kier alpha value is -0.448. The minimum Gasteiger partial charge on any atom is -0.481 e. The first-order valence-electron chi connectivity index (χ1n) is 2.13. The van der Waals surface area contributed by atoms with Crippen LogP contribution in [0.4, 0.5) is 0 Å². The number of carbonyl (C=O) groups is 2. The first-order valence-corrected chi connectivity index (χ1v) is 3.20. The number of aliphatic carboxylic acids is 1. The van der Waals surface area contributed by atoms with Crippen molar-refractivity contribution in [2.24, 2.45) is 0 Å². The van der Waals surface area contributed by atoms with Crippen molar-refractivity contribution in [3.63, 3.8) is 0 Å². The van der Waals surface area contributed by atoms with Gasteiger partial charge in [0.25, 0.3) is 0 Å². The molecule has 0 aromatic rings. The molecule has 0 unspecified atom stereocenters. The van der Waals surface area contributed by atoms with Crippen LogP contribution in [0.25, 0.3) is 0 Å². The molecule has 1 amide bonds. The zero-order valence-corrected chi connectivity index (χ0v) is 8.61. The van der Waals surface area contributed by atoms with Crippen LogP contribution < -0.4 is 4.72 Å². The van der Waals surface area contributed by atoms with Crippen LogP contribution in [0.15, 0.2) is 0 Å². The van der Waals surface area contributed by atoms with Crippen molar-refractivity contribution in [3.05, 3.63) is 0 Å². The normalized spacial score (nSPS) is 8.45. The number of amides is 1. The average molecular weight is 352 g/mol. The number of nitrogens with one attached hydrogen (secondary N) is 1. The summed E-state index contributed by atoms with van der Waals surface area (Å²) < 4.78 is 20.7. The summed E-state index contributed by atoms with van der Waals surface area (Å²) in [6.07, 6.45) is -0.839. The summed E-state index contributed by atoms with van der Waals surface area (Å²) >= 11 is 0. The molecule has 0 atom stereocenters. The molecule has 0 bridgehead atoms. The van der Waals surface area contributed by atoms with Gasteiger partial charge in [0.15, 0.2) is 0 Å². The molecule has 0 heterocycles. The number of carboxylic acids is 1. The molecule has 11 heavy (non-hydrogen) atoms. The van der Waals surface area contributed by atoms with E-state index in [1.165, 1.54) is 4.72 Å². The van der Waals surface area contributed by atoms with Gasteiger partial charge in [-0.3, -0.25) is 9.59 Å². The van der Waals surface area contributed by atoms with Gasteiger partial charge >= 0.3 is 5.97 Å². The molecule has 0 rings (SSSR count). The van der Waals surface area contributed by atoms with Crippen LogP contribution >= 0.6 is 0 Å². The van der Waals surface area contributed by atoms with E-state index in [0.29, 0.717) is 0 Å². The van der Waals surface area contributed by atoms with Crippen LogP contribution in [-0.2, 0) is 49.3 Å². The van der Waals surface area contributed by atoms with Crippen molar-refractivity contribution in [2.45, 2.75) is 6.42 Å². The topological polar surface area (TPSA) is 101 Å². The average Bonchev–Trinajstić information content (AvgIpc) is 1.58. The van der Waals surface area contributed by atoms with E-state index in [9.17, 15) is 18.0 Å². The second-order valence-corrected chi connectivity index (χ2v) is 2.00. The van der Waals surface area contributed by atoms with Crippen LogP contribution in [0.2, 0.25) is 0 Å². The summed E-state index contributed by atoms with van der Waals surface area (Å²) in [6, 6.07) is 0. The molecule has 0 saturated carbocycles. The van der Waals surface area contributed by atoms with Crippen LogP contribution in [0.5, 0.6) is 0 Å². The fourth-order valence-electron chi connectivity index (χ4n) is 0.266. The standard InChI is InChI=1S/C3H4NO5S.Re/c5-2(1-3(6)7)4-10(8)9;/h1H2,(H,6,7)(H,4,5,8,9);/q-1;. The Labute approximate surface area is 77.7 Å². The fraction of sp³-hybridized carbons (Fsp3) is 0.333. The molecular formula is C3H4NO5ReS-. The van der Waals surface area contributed by atoms with E-state index in [1.807, 2.05) is 0 Å². The third-order valence-electron chi connectivity index (χ3n) is 0.509. The van der Waals surface area contributed by atoms with Gasteiger partial charge in [-0.25, -0.2) is 0 Å². The quantitative estimate of drug-likeness (QED) is 0.491. The predicted octanol–water partition coefficient (Wildman–Crippen LogP) is -1.20. The van der Waals surface area contributed by atoms with E-state index >= 15 is 0 Å². The van der Waals surface area contributed by atoms with Gasteiger partial charge in [0.2, 0.25) is 5.91 Å². The summed E-state index contributed by atoms with van der Waals surface area (Å²) in [6.45, 7) is 0. The van der Waals surface area contributed by atoms with E-state index in [4.69, 9.17) is 5.11 Å². The first-order chi connectivity index (χ1) is 4.52. The number of carboxylic acid groups (broad SMARTS) is 1. The first kappa shape index (κ1) is 13.2. The van der Waals surface area contributed by atoms with Crippen LogP contribution in [0.3, 0.4) is 0 Å². The maximum absolute atomic E-state index is 10.2. The fourth-order valence-corrected chi connectivity index (χ4v) is 0.524. The Morgan fingerprint density at radius 2 is 1.82 bits per heavy atom. The molecule has 1 radical (unpaired) electrons. The van der Waals surface area contributed by atoms with Gasteiger partial charge in [-0.15, -0.1) is 0 Å². The number of hydrogen-bond donors (Lipinski definition) is 2. The zero-order valence-electron chi connectivity index (χ0n) is 5.07. The smallest absolute Gasteiger partial charge is 0.312 e. The number of rotatable bonds is 3. The van der Waals surface area contributed by atoms with Gasteiger partial charge in [0.1, 0.15) is 6.42 Å². The molecule has 8 heteroatoms. The van der Waals surface area contributed by atoms with Gasteiger partial charge in [0.05, 0.1) is 0 Å². The van der Waals surface area contributed by atoms with Gasteiger partial charge in [-0.2, -0.15) is 0 Å². The van der Waals surface area contributed by atoms with Gasteiger partial charge < -0.3 is 18.2 Å². The summed E-state index contributed by atoms with van der Waals surface area (Å²) in [5, 5.41) is 7.93. The van der Waals surface area contributed by atoms with Crippen molar-refractivity contribution in [1.82, 2.24) is 4.72 Å². The molecule has 0 fully saturated rings. The predicted molar refractivity (Wildman–Crippen MR) is 29.1 cm³/mol. The van der Waals surface area contributed by atoms with Crippen molar-refractivity contribution in [1.29, 1.82) is 0 Å². The molecule has 2 N–H and O–H groups in total. The molecule has 0 saturated heterocycles. The third-order valence-corrected chi connectivity index (χ3v) is 0.903. The van der Waals surface area contributed by atoms with E-state index < -0.39 is 29.2 Å². The van der Waals surface area contributed by atoms with E-state index in [-0.39, 0.29) is 20.4 Å². The molecule has 65 valence electrons. The van der Waals surface area contributed by atoms with Gasteiger partial charge in [-0.05, 0) is 0 Å². The molecule has 0 aromatic carbocycles. The maximum Gasteiger partial charge on any atom is 0.312 e. The molecule has 6 nitrogen and oxygen atoms in total. The molecular weight excluding hydrogens is 348 g/mol. The Morgan fingerprint density at radius 1 is 1.36 bits per heavy atom. The SMILES string of the molecule is O=C(O)CC(=O)N[S-](=O)=O.[Re]. The van der Waals surface area contributed by atoms with Crippen LogP contribution in [-0.4, -0.2) is 17.0 Å². The third kappa shape index (κ3) is 9.55. The molecule has 0 aliphatic heterocycles. The Balaban J connectivity index is 0. The Morgan fingerprint density at radius 3 is 2.09 bits per heavy atom. The minimum absolute atomic E-state index is 0.